The first kappa shape index (κ1) is 24.2. The molecule has 0 fully saturated rings. The molecule has 174 valence electrons. The summed E-state index contributed by atoms with van der Waals surface area (Å²) in [5.74, 6) is -0.945. The summed E-state index contributed by atoms with van der Waals surface area (Å²) < 4.78 is 5.36. The Bertz CT molecular complexity index is 1060. The smallest absolute Gasteiger partial charge is 0.336 e. The van der Waals surface area contributed by atoms with Crippen LogP contribution in [0.4, 0.5) is 0 Å². The van der Waals surface area contributed by atoms with Gasteiger partial charge in [0.2, 0.25) is 5.91 Å². The standard InChI is InChI=1S/C27H32N2O4/c1-5-14-28-26(31)22-9-7-8-20(15-22)17-29-19(4)25(27(32)33-6-2)23(16-24(29)30)21-12-10-18(3)11-13-21/h7-13,15,23H,5-6,14,16-17H2,1-4H3,(H,28,31). The van der Waals surface area contributed by atoms with Gasteiger partial charge in [0.15, 0.2) is 0 Å². The summed E-state index contributed by atoms with van der Waals surface area (Å²) in [5.41, 5.74) is 4.52. The van der Waals surface area contributed by atoms with Crippen molar-refractivity contribution in [3.05, 3.63) is 82.1 Å². The van der Waals surface area contributed by atoms with Gasteiger partial charge in [0.05, 0.1) is 18.7 Å². The summed E-state index contributed by atoms with van der Waals surface area (Å²) >= 11 is 0. The average Bonchev–Trinajstić information content (AvgIpc) is 2.80. The lowest BCUT2D eigenvalue weighted by molar-refractivity contribution is -0.140. The number of carbonyl (C=O) groups is 3. The molecular formula is C27H32N2O4. The first-order valence-electron chi connectivity index (χ1n) is 11.5. The molecule has 3 rings (SSSR count). The summed E-state index contributed by atoms with van der Waals surface area (Å²) in [7, 11) is 0. The Morgan fingerprint density at radius 1 is 1.09 bits per heavy atom. The number of rotatable bonds is 8. The van der Waals surface area contributed by atoms with Gasteiger partial charge < -0.3 is 15.0 Å². The monoisotopic (exact) mass is 448 g/mol. The van der Waals surface area contributed by atoms with E-state index in [1.165, 1.54) is 0 Å². The van der Waals surface area contributed by atoms with Crippen LogP contribution in [0.1, 0.15) is 66.6 Å². The molecule has 0 aromatic heterocycles. The lowest BCUT2D eigenvalue weighted by Gasteiger charge is -2.34. The number of hydrogen-bond donors (Lipinski definition) is 1. The van der Waals surface area contributed by atoms with E-state index < -0.39 is 5.97 Å². The van der Waals surface area contributed by atoms with Crippen molar-refractivity contribution < 1.29 is 19.1 Å². The van der Waals surface area contributed by atoms with Gasteiger partial charge in [0, 0.05) is 30.1 Å². The minimum Gasteiger partial charge on any atom is -0.463 e. The van der Waals surface area contributed by atoms with Gasteiger partial charge in [-0.3, -0.25) is 9.59 Å². The van der Waals surface area contributed by atoms with E-state index in [0.29, 0.717) is 23.4 Å². The Morgan fingerprint density at radius 3 is 2.48 bits per heavy atom. The van der Waals surface area contributed by atoms with E-state index in [9.17, 15) is 14.4 Å². The quantitative estimate of drug-likeness (QED) is 0.604. The van der Waals surface area contributed by atoms with Crippen LogP contribution in [0.2, 0.25) is 0 Å². The number of esters is 1. The number of nitrogens with one attached hydrogen (secondary N) is 1. The van der Waals surface area contributed by atoms with E-state index in [1.807, 2.05) is 50.2 Å². The second-order valence-electron chi connectivity index (χ2n) is 8.32. The highest BCUT2D eigenvalue weighted by atomic mass is 16.5. The molecule has 0 radical (unpaired) electrons. The largest absolute Gasteiger partial charge is 0.463 e. The molecule has 0 saturated carbocycles. The Labute approximate surface area is 195 Å². The molecule has 1 aliphatic heterocycles. The Hall–Kier alpha value is -3.41. The SMILES string of the molecule is CCCNC(=O)c1cccc(CN2C(=O)CC(c3ccc(C)cc3)C(C(=O)OCC)=C2C)c1. The van der Waals surface area contributed by atoms with Crippen LogP contribution in [-0.4, -0.2) is 35.8 Å². The third-order valence-corrected chi connectivity index (χ3v) is 5.86. The molecule has 1 heterocycles. The van der Waals surface area contributed by atoms with Crippen molar-refractivity contribution in [3.8, 4) is 0 Å². The van der Waals surface area contributed by atoms with Crippen molar-refractivity contribution in [1.82, 2.24) is 10.2 Å². The zero-order chi connectivity index (χ0) is 24.0. The molecule has 2 amide bonds. The van der Waals surface area contributed by atoms with Crippen LogP contribution < -0.4 is 5.32 Å². The maximum Gasteiger partial charge on any atom is 0.336 e. The fourth-order valence-electron chi connectivity index (χ4n) is 4.09. The highest BCUT2D eigenvalue weighted by molar-refractivity contribution is 5.96. The van der Waals surface area contributed by atoms with Crippen molar-refractivity contribution >= 4 is 17.8 Å². The minimum atomic E-state index is -0.397. The normalized spacial score (nSPS) is 16.1. The topological polar surface area (TPSA) is 75.7 Å². The molecule has 2 aromatic carbocycles. The number of aryl methyl sites for hydroxylation is 1. The number of allylic oxidation sites excluding steroid dienone is 1. The van der Waals surface area contributed by atoms with Gasteiger partial charge >= 0.3 is 5.97 Å². The molecule has 6 heteroatoms. The highest BCUT2D eigenvalue weighted by Gasteiger charge is 2.36. The van der Waals surface area contributed by atoms with E-state index in [2.05, 4.69) is 5.32 Å². The molecule has 1 N–H and O–H groups in total. The number of ether oxygens (including phenoxy) is 1. The fraction of sp³-hybridized carbons (Fsp3) is 0.370. The predicted octanol–water partition coefficient (Wildman–Crippen LogP) is 4.49. The summed E-state index contributed by atoms with van der Waals surface area (Å²) in [4.78, 5) is 40.1. The lowest BCUT2D eigenvalue weighted by Crippen LogP contribution is -2.38. The van der Waals surface area contributed by atoms with Crippen LogP contribution in [0.25, 0.3) is 0 Å². The summed E-state index contributed by atoms with van der Waals surface area (Å²) in [6, 6.07) is 15.1. The molecular weight excluding hydrogens is 416 g/mol. The van der Waals surface area contributed by atoms with E-state index in [4.69, 9.17) is 4.74 Å². The van der Waals surface area contributed by atoms with E-state index >= 15 is 0 Å². The fourth-order valence-corrected chi connectivity index (χ4v) is 4.09. The van der Waals surface area contributed by atoms with Crippen LogP contribution in [0.3, 0.4) is 0 Å². The van der Waals surface area contributed by atoms with Crippen molar-refractivity contribution in [3.63, 3.8) is 0 Å². The number of nitrogens with zero attached hydrogens (tertiary/aromatic N) is 1. The lowest BCUT2D eigenvalue weighted by atomic mass is 9.83. The molecule has 0 bridgehead atoms. The second-order valence-corrected chi connectivity index (χ2v) is 8.32. The van der Waals surface area contributed by atoms with Crippen LogP contribution in [0, 0.1) is 6.92 Å². The van der Waals surface area contributed by atoms with E-state index in [-0.39, 0.29) is 37.3 Å². The van der Waals surface area contributed by atoms with Crippen LogP contribution in [-0.2, 0) is 20.9 Å². The average molecular weight is 449 g/mol. The van der Waals surface area contributed by atoms with E-state index in [1.54, 1.807) is 30.9 Å². The van der Waals surface area contributed by atoms with Crippen molar-refractivity contribution in [2.75, 3.05) is 13.2 Å². The number of hydrogen-bond acceptors (Lipinski definition) is 4. The van der Waals surface area contributed by atoms with Crippen LogP contribution in [0.5, 0.6) is 0 Å². The molecule has 0 aliphatic carbocycles. The maximum atomic E-state index is 13.2. The number of amides is 2. The summed E-state index contributed by atoms with van der Waals surface area (Å²) in [6.45, 7) is 8.72. The van der Waals surface area contributed by atoms with Gasteiger partial charge in [-0.05, 0) is 50.5 Å². The van der Waals surface area contributed by atoms with Gasteiger partial charge in [-0.15, -0.1) is 0 Å². The van der Waals surface area contributed by atoms with Gasteiger partial charge in [-0.1, -0.05) is 48.9 Å². The maximum absolute atomic E-state index is 13.2. The first-order valence-corrected chi connectivity index (χ1v) is 11.5. The Balaban J connectivity index is 1.94. The van der Waals surface area contributed by atoms with E-state index in [0.717, 1.165) is 23.1 Å². The molecule has 1 unspecified atom stereocenters. The van der Waals surface area contributed by atoms with Gasteiger partial charge in [-0.2, -0.15) is 0 Å². The molecule has 33 heavy (non-hydrogen) atoms. The summed E-state index contributed by atoms with van der Waals surface area (Å²) in [6.07, 6.45) is 1.04. The third-order valence-electron chi connectivity index (χ3n) is 5.86. The third kappa shape index (κ3) is 5.69. The predicted molar refractivity (Wildman–Crippen MR) is 127 cm³/mol. The van der Waals surface area contributed by atoms with Crippen molar-refractivity contribution in [1.29, 1.82) is 0 Å². The molecule has 0 saturated heterocycles. The van der Waals surface area contributed by atoms with Gasteiger partial charge in [0.25, 0.3) is 5.91 Å². The minimum absolute atomic E-state index is 0.0630. The van der Waals surface area contributed by atoms with Gasteiger partial charge in [0.1, 0.15) is 0 Å². The molecule has 2 aromatic rings. The first-order chi connectivity index (χ1) is 15.8. The van der Waals surface area contributed by atoms with Crippen molar-refractivity contribution in [2.45, 2.75) is 53.0 Å². The molecule has 6 nitrogen and oxygen atoms in total. The Morgan fingerprint density at radius 2 is 1.82 bits per heavy atom. The van der Waals surface area contributed by atoms with Crippen LogP contribution >= 0.6 is 0 Å². The molecule has 0 spiro atoms. The molecule has 1 atom stereocenters. The van der Waals surface area contributed by atoms with Crippen molar-refractivity contribution in [2.24, 2.45) is 0 Å². The summed E-state index contributed by atoms with van der Waals surface area (Å²) in [5, 5.41) is 2.87. The number of carbonyl (C=O) groups excluding carboxylic acids is 3. The number of benzene rings is 2. The zero-order valence-electron chi connectivity index (χ0n) is 19.8. The molecule has 1 aliphatic rings. The zero-order valence-corrected chi connectivity index (χ0v) is 19.8. The highest BCUT2D eigenvalue weighted by Crippen LogP contribution is 2.37. The van der Waals surface area contributed by atoms with Gasteiger partial charge in [-0.25, -0.2) is 4.79 Å². The second kappa shape index (κ2) is 10.9. The Kier molecular flexibility index (Phi) is 8.04. The van der Waals surface area contributed by atoms with Crippen LogP contribution in [0.15, 0.2) is 59.8 Å².